The van der Waals surface area contributed by atoms with Crippen molar-refractivity contribution >= 4 is 32.5 Å². The summed E-state index contributed by atoms with van der Waals surface area (Å²) in [4.78, 5) is 14.5. The predicted molar refractivity (Wildman–Crippen MR) is 118 cm³/mol. The van der Waals surface area contributed by atoms with Crippen molar-refractivity contribution in [2.45, 2.75) is 18.4 Å². The molecule has 7 nitrogen and oxygen atoms in total. The number of aromatic nitrogens is 2. The number of hydrogen-bond acceptors (Lipinski definition) is 4. The van der Waals surface area contributed by atoms with Crippen LogP contribution in [0.1, 0.15) is 12.5 Å². The van der Waals surface area contributed by atoms with Gasteiger partial charge in [0.25, 0.3) is 10.0 Å². The minimum atomic E-state index is -3.83. The summed E-state index contributed by atoms with van der Waals surface area (Å²) in [6, 6.07) is 15.8. The van der Waals surface area contributed by atoms with Crippen LogP contribution in [-0.4, -0.2) is 30.3 Å². The third kappa shape index (κ3) is 3.74. The van der Waals surface area contributed by atoms with Gasteiger partial charge < -0.3 is 15.6 Å². The average molecular weight is 423 g/mol. The number of anilines is 1. The number of carbonyl (C=O) groups is 1. The Balaban J connectivity index is 1.81. The van der Waals surface area contributed by atoms with Crippen LogP contribution in [-0.2, 0) is 21.4 Å². The van der Waals surface area contributed by atoms with E-state index in [9.17, 15) is 13.2 Å². The van der Waals surface area contributed by atoms with Gasteiger partial charge in [-0.15, -0.1) is 0 Å². The van der Waals surface area contributed by atoms with Crippen LogP contribution in [0.15, 0.2) is 71.9 Å². The molecule has 3 N–H and O–H groups in total. The second-order valence-corrected chi connectivity index (χ2v) is 8.86. The first-order chi connectivity index (χ1) is 14.4. The highest BCUT2D eigenvalue weighted by Gasteiger charge is 2.22. The number of nitrogens with zero attached hydrogens (tertiary/aromatic N) is 1. The van der Waals surface area contributed by atoms with Crippen LogP contribution in [0.4, 0.5) is 5.69 Å². The molecule has 4 aromatic rings. The maximum absolute atomic E-state index is 13.4. The first-order valence-corrected chi connectivity index (χ1v) is 10.9. The third-order valence-electron chi connectivity index (χ3n) is 4.80. The van der Waals surface area contributed by atoms with Crippen molar-refractivity contribution in [3.63, 3.8) is 0 Å². The second kappa shape index (κ2) is 7.81. The fourth-order valence-corrected chi connectivity index (χ4v) is 4.84. The summed E-state index contributed by atoms with van der Waals surface area (Å²) < 4.78 is 28.2. The number of amides is 1. The summed E-state index contributed by atoms with van der Waals surface area (Å²) in [5.41, 5.74) is 3.80. The quantitative estimate of drug-likeness (QED) is 0.443. The number of carbonyl (C=O) groups excluding carboxylic acids is 1. The van der Waals surface area contributed by atoms with Crippen molar-refractivity contribution in [2.24, 2.45) is 0 Å². The minimum Gasteiger partial charge on any atom is -0.361 e. The molecule has 30 heavy (non-hydrogen) atoms. The van der Waals surface area contributed by atoms with Crippen molar-refractivity contribution in [2.75, 3.05) is 12.4 Å². The highest BCUT2D eigenvalue weighted by molar-refractivity contribution is 7.90. The molecule has 154 valence electrons. The molecule has 0 radical (unpaired) electrons. The van der Waals surface area contributed by atoms with Crippen molar-refractivity contribution in [1.82, 2.24) is 14.3 Å². The Labute approximate surface area is 174 Å². The number of hydrogen-bond donors (Lipinski definition) is 3. The summed E-state index contributed by atoms with van der Waals surface area (Å²) in [6.07, 6.45) is 3.50. The fourth-order valence-electron chi connectivity index (χ4n) is 3.45. The molecular weight excluding hydrogens is 400 g/mol. The van der Waals surface area contributed by atoms with Crippen LogP contribution in [0.3, 0.4) is 0 Å². The van der Waals surface area contributed by atoms with E-state index in [0.29, 0.717) is 17.9 Å². The van der Waals surface area contributed by atoms with E-state index < -0.39 is 10.0 Å². The molecule has 0 atom stereocenters. The second-order valence-electron chi connectivity index (χ2n) is 7.05. The number of H-pyrrole nitrogens is 1. The smallest absolute Gasteiger partial charge is 0.268 e. The van der Waals surface area contributed by atoms with Gasteiger partial charge in [0.05, 0.1) is 10.6 Å². The Morgan fingerprint density at radius 2 is 1.83 bits per heavy atom. The number of nitrogens with one attached hydrogen (secondary N) is 3. The van der Waals surface area contributed by atoms with Crippen LogP contribution in [0.25, 0.3) is 22.2 Å². The SMILES string of the molecule is CNCc1cc(-c2ccc3[nH]ccc3c2)n(S(=O)(=O)c2ccc(NC(C)=O)cc2)c1. The number of aromatic amines is 1. The Hall–Kier alpha value is -3.36. The highest BCUT2D eigenvalue weighted by Crippen LogP contribution is 2.30. The predicted octanol–water partition coefficient (Wildman–Crippen LogP) is 3.55. The molecule has 2 aromatic heterocycles. The van der Waals surface area contributed by atoms with Gasteiger partial charge in [-0.1, -0.05) is 6.07 Å². The number of fused-ring (bicyclic) bond motifs is 1. The first kappa shape index (κ1) is 19.9. The van der Waals surface area contributed by atoms with Gasteiger partial charge in [0, 0.05) is 42.5 Å². The Bertz CT molecular complexity index is 1320. The molecule has 0 spiro atoms. The Kier molecular flexibility index (Phi) is 5.19. The zero-order valence-electron chi connectivity index (χ0n) is 16.6. The van der Waals surface area contributed by atoms with E-state index in [-0.39, 0.29) is 10.8 Å². The molecule has 0 fully saturated rings. The lowest BCUT2D eigenvalue weighted by atomic mass is 10.1. The lowest BCUT2D eigenvalue weighted by Gasteiger charge is -2.12. The summed E-state index contributed by atoms with van der Waals surface area (Å²) in [6.45, 7) is 1.95. The van der Waals surface area contributed by atoms with E-state index in [1.165, 1.54) is 23.0 Å². The van der Waals surface area contributed by atoms with Gasteiger partial charge in [-0.25, -0.2) is 12.4 Å². The lowest BCUT2D eigenvalue weighted by Crippen LogP contribution is -2.14. The average Bonchev–Trinajstić information content (AvgIpc) is 3.35. The van der Waals surface area contributed by atoms with Crippen LogP contribution in [0.2, 0.25) is 0 Å². The van der Waals surface area contributed by atoms with Crippen LogP contribution in [0.5, 0.6) is 0 Å². The van der Waals surface area contributed by atoms with Gasteiger partial charge >= 0.3 is 0 Å². The van der Waals surface area contributed by atoms with Crippen molar-refractivity contribution in [3.05, 3.63) is 72.6 Å². The number of rotatable bonds is 6. The molecular formula is C22H22N4O3S. The molecule has 0 unspecified atom stereocenters. The molecule has 0 aliphatic carbocycles. The van der Waals surface area contributed by atoms with E-state index in [2.05, 4.69) is 15.6 Å². The molecule has 0 aliphatic rings. The van der Waals surface area contributed by atoms with Crippen LogP contribution >= 0.6 is 0 Å². The summed E-state index contributed by atoms with van der Waals surface area (Å²) in [7, 11) is -2.01. The fraction of sp³-hybridized carbons (Fsp3) is 0.136. The van der Waals surface area contributed by atoms with E-state index in [0.717, 1.165) is 22.0 Å². The summed E-state index contributed by atoms with van der Waals surface area (Å²) >= 11 is 0. The zero-order valence-corrected chi connectivity index (χ0v) is 17.5. The Morgan fingerprint density at radius 1 is 1.07 bits per heavy atom. The monoisotopic (exact) mass is 422 g/mol. The largest absolute Gasteiger partial charge is 0.361 e. The van der Waals surface area contributed by atoms with Gasteiger partial charge in [-0.2, -0.15) is 0 Å². The molecule has 0 saturated carbocycles. The Morgan fingerprint density at radius 3 is 2.53 bits per heavy atom. The highest BCUT2D eigenvalue weighted by atomic mass is 32.2. The van der Waals surface area contributed by atoms with Crippen LogP contribution < -0.4 is 10.6 Å². The molecule has 8 heteroatoms. The molecule has 4 rings (SSSR count). The summed E-state index contributed by atoms with van der Waals surface area (Å²) in [5.74, 6) is -0.213. The van der Waals surface area contributed by atoms with Crippen molar-refractivity contribution in [3.8, 4) is 11.3 Å². The van der Waals surface area contributed by atoms with E-state index in [4.69, 9.17) is 0 Å². The number of benzene rings is 2. The third-order valence-corrected chi connectivity index (χ3v) is 6.49. The topological polar surface area (TPSA) is 96.0 Å². The maximum Gasteiger partial charge on any atom is 0.268 e. The van der Waals surface area contributed by atoms with Gasteiger partial charge in [0.15, 0.2) is 0 Å². The van der Waals surface area contributed by atoms with Gasteiger partial charge in [-0.3, -0.25) is 4.79 Å². The molecule has 2 aromatic carbocycles. The lowest BCUT2D eigenvalue weighted by molar-refractivity contribution is -0.114. The van der Waals surface area contributed by atoms with E-state index >= 15 is 0 Å². The van der Waals surface area contributed by atoms with Crippen LogP contribution in [0, 0.1) is 0 Å². The van der Waals surface area contributed by atoms with Crippen molar-refractivity contribution in [1.29, 1.82) is 0 Å². The first-order valence-electron chi connectivity index (χ1n) is 9.45. The minimum absolute atomic E-state index is 0.146. The summed E-state index contributed by atoms with van der Waals surface area (Å²) in [5, 5.41) is 6.72. The normalized spacial score (nSPS) is 11.7. The molecule has 0 saturated heterocycles. The van der Waals surface area contributed by atoms with Gasteiger partial charge in [-0.05, 0) is 66.7 Å². The standard InChI is InChI=1S/C22H22N4O3S/c1-15(27)25-19-4-6-20(7-5-19)30(28,29)26-14-16(13-23-2)11-22(26)18-3-8-21-17(12-18)9-10-24-21/h3-12,14,23-24H,13H2,1-2H3,(H,25,27). The molecule has 0 bridgehead atoms. The molecule has 0 aliphatic heterocycles. The van der Waals surface area contributed by atoms with E-state index in [1.54, 1.807) is 18.3 Å². The van der Waals surface area contributed by atoms with Gasteiger partial charge in [0.2, 0.25) is 5.91 Å². The maximum atomic E-state index is 13.4. The molecule has 2 heterocycles. The molecule has 1 amide bonds. The zero-order chi connectivity index (χ0) is 21.3. The van der Waals surface area contributed by atoms with Crippen molar-refractivity contribution < 1.29 is 13.2 Å². The van der Waals surface area contributed by atoms with E-state index in [1.807, 2.05) is 43.6 Å². The van der Waals surface area contributed by atoms with Gasteiger partial charge in [0.1, 0.15) is 0 Å².